The van der Waals surface area contributed by atoms with Crippen LogP contribution in [0.1, 0.15) is 21.0 Å². The van der Waals surface area contributed by atoms with E-state index in [1.807, 2.05) is 0 Å². The summed E-state index contributed by atoms with van der Waals surface area (Å²) in [7, 11) is 0. The summed E-state index contributed by atoms with van der Waals surface area (Å²) in [5.41, 5.74) is 0.319. The van der Waals surface area contributed by atoms with Crippen molar-refractivity contribution in [3.8, 4) is 0 Å². The van der Waals surface area contributed by atoms with E-state index in [1.54, 1.807) is 0 Å². The van der Waals surface area contributed by atoms with Crippen LogP contribution in [0.25, 0.3) is 0 Å². The number of aromatic amines is 1. The Hall–Kier alpha value is -2.10. The summed E-state index contributed by atoms with van der Waals surface area (Å²) < 4.78 is 35.0. The maximum atomic E-state index is 11.7. The second-order valence-corrected chi connectivity index (χ2v) is 2.77. The number of carboxylic acids is 1. The van der Waals surface area contributed by atoms with E-state index >= 15 is 0 Å². The number of carbonyl (C=O) groups excluding carboxylic acids is 1. The zero-order chi connectivity index (χ0) is 13.1. The van der Waals surface area contributed by atoms with Crippen molar-refractivity contribution < 1.29 is 32.7 Å². The molecule has 94 valence electrons. The lowest BCUT2D eigenvalue weighted by Crippen LogP contribution is -2.30. The van der Waals surface area contributed by atoms with Gasteiger partial charge in [0, 0.05) is 0 Å². The lowest BCUT2D eigenvalue weighted by molar-refractivity contribution is -0.184. The predicted molar refractivity (Wildman–Crippen MR) is 45.0 cm³/mol. The Morgan fingerprint density at radius 1 is 1.53 bits per heavy atom. The fourth-order valence-electron chi connectivity index (χ4n) is 0.861. The van der Waals surface area contributed by atoms with Crippen molar-refractivity contribution in [1.29, 1.82) is 0 Å². The zero-order valence-corrected chi connectivity index (χ0v) is 8.04. The van der Waals surface area contributed by atoms with Crippen LogP contribution < -0.4 is 5.48 Å². The van der Waals surface area contributed by atoms with E-state index in [1.165, 1.54) is 5.48 Å². The van der Waals surface area contributed by atoms with Gasteiger partial charge in [0.1, 0.15) is 0 Å². The third-order valence-corrected chi connectivity index (χ3v) is 1.47. The van der Waals surface area contributed by atoms with Gasteiger partial charge in [0.05, 0.1) is 6.33 Å². The number of alkyl halides is 3. The molecule has 1 aromatic heterocycles. The van der Waals surface area contributed by atoms with Crippen LogP contribution in [0, 0.1) is 0 Å². The van der Waals surface area contributed by atoms with Crippen LogP contribution >= 0.6 is 0 Å². The normalized spacial score (nSPS) is 11.2. The summed E-state index contributed by atoms with van der Waals surface area (Å²) in [6, 6.07) is 0. The maximum Gasteiger partial charge on any atom is 0.414 e. The van der Waals surface area contributed by atoms with Crippen LogP contribution in [0.15, 0.2) is 6.33 Å². The molecule has 0 bridgehead atoms. The first kappa shape index (κ1) is 13.0. The van der Waals surface area contributed by atoms with Crippen molar-refractivity contribution >= 4 is 11.9 Å². The maximum absolute atomic E-state index is 11.7. The number of aromatic carboxylic acids is 1. The number of hydrogen-bond donors (Lipinski definition) is 3. The number of carboxylic acid groups (broad SMARTS) is 1. The molecule has 1 heterocycles. The lowest BCUT2D eigenvalue weighted by Gasteiger charge is -2.07. The van der Waals surface area contributed by atoms with Crippen LogP contribution in [0.4, 0.5) is 13.2 Å². The van der Waals surface area contributed by atoms with Gasteiger partial charge < -0.3 is 10.1 Å². The minimum absolute atomic E-state index is 0.543. The fourth-order valence-corrected chi connectivity index (χ4v) is 0.861. The van der Waals surface area contributed by atoms with Crippen molar-refractivity contribution in [2.75, 3.05) is 6.61 Å². The summed E-state index contributed by atoms with van der Waals surface area (Å²) in [4.78, 5) is 31.0. The Kier molecular flexibility index (Phi) is 3.68. The number of hydrogen-bond acceptors (Lipinski definition) is 4. The van der Waals surface area contributed by atoms with Crippen molar-refractivity contribution in [1.82, 2.24) is 15.4 Å². The molecule has 0 aromatic carbocycles. The minimum atomic E-state index is -4.60. The Morgan fingerprint density at radius 2 is 2.18 bits per heavy atom. The number of halogens is 3. The van der Waals surface area contributed by atoms with Gasteiger partial charge in [0.25, 0.3) is 5.91 Å². The molecule has 0 fully saturated rings. The van der Waals surface area contributed by atoms with E-state index in [-0.39, 0.29) is 0 Å². The van der Waals surface area contributed by atoms with Crippen molar-refractivity contribution in [2.45, 2.75) is 6.18 Å². The molecular weight excluding hydrogens is 247 g/mol. The van der Waals surface area contributed by atoms with E-state index in [0.717, 1.165) is 6.33 Å². The highest BCUT2D eigenvalue weighted by atomic mass is 19.4. The molecule has 17 heavy (non-hydrogen) atoms. The third-order valence-electron chi connectivity index (χ3n) is 1.47. The van der Waals surface area contributed by atoms with Crippen molar-refractivity contribution in [2.24, 2.45) is 0 Å². The third kappa shape index (κ3) is 3.75. The van der Waals surface area contributed by atoms with Gasteiger partial charge in [0.15, 0.2) is 18.0 Å². The number of H-pyrrole nitrogens is 1. The number of nitrogens with zero attached hydrogens (tertiary/aromatic N) is 1. The molecule has 0 saturated carbocycles. The molecule has 0 aliphatic heterocycles. The van der Waals surface area contributed by atoms with Crippen LogP contribution in [0.5, 0.6) is 0 Å². The fraction of sp³-hybridized carbons (Fsp3) is 0.286. The summed E-state index contributed by atoms with van der Waals surface area (Å²) in [6.07, 6.45) is -3.68. The van der Waals surface area contributed by atoms with Crippen LogP contribution in [-0.2, 0) is 4.84 Å². The number of nitrogens with one attached hydrogen (secondary N) is 2. The molecular formula is C7H6F3N3O4. The summed E-state index contributed by atoms with van der Waals surface area (Å²) in [6.45, 7) is -1.69. The van der Waals surface area contributed by atoms with Gasteiger partial charge in [-0.25, -0.2) is 15.3 Å². The number of hydroxylamine groups is 1. The molecule has 0 spiro atoms. The second kappa shape index (κ2) is 4.82. The lowest BCUT2D eigenvalue weighted by atomic mass is 10.3. The molecule has 0 radical (unpaired) electrons. The van der Waals surface area contributed by atoms with Crippen LogP contribution in [0.3, 0.4) is 0 Å². The zero-order valence-electron chi connectivity index (χ0n) is 8.04. The molecule has 3 N–H and O–H groups in total. The Bertz CT molecular complexity index is 428. The van der Waals surface area contributed by atoms with Crippen LogP contribution in [-0.4, -0.2) is 39.7 Å². The van der Waals surface area contributed by atoms with Gasteiger partial charge in [-0.15, -0.1) is 0 Å². The van der Waals surface area contributed by atoms with E-state index < -0.39 is 36.0 Å². The molecule has 1 aromatic rings. The monoisotopic (exact) mass is 253 g/mol. The van der Waals surface area contributed by atoms with Crippen molar-refractivity contribution in [3.05, 3.63) is 17.7 Å². The number of aromatic nitrogens is 2. The summed E-state index contributed by atoms with van der Waals surface area (Å²) in [5.74, 6) is -2.66. The Morgan fingerprint density at radius 3 is 2.71 bits per heavy atom. The molecule has 0 atom stereocenters. The van der Waals surface area contributed by atoms with E-state index in [2.05, 4.69) is 14.8 Å². The first-order valence-electron chi connectivity index (χ1n) is 4.07. The minimum Gasteiger partial charge on any atom is -0.477 e. The Balaban J connectivity index is 2.59. The number of rotatable bonds is 4. The van der Waals surface area contributed by atoms with Gasteiger partial charge >= 0.3 is 12.1 Å². The topological polar surface area (TPSA) is 104 Å². The number of carbonyl (C=O) groups is 2. The van der Waals surface area contributed by atoms with Gasteiger partial charge in [-0.2, -0.15) is 13.2 Å². The standard InChI is InChI=1S/C7H6F3N3O4/c8-7(9,10)1-17-13-5(14)3-4(6(15)16)12-2-11-3/h2H,1H2,(H,11,12)(H,13,14)(H,15,16). The predicted octanol–water partition coefficient (Wildman–Crippen LogP) is 0.332. The molecule has 0 unspecified atom stereocenters. The highest BCUT2D eigenvalue weighted by molar-refractivity contribution is 6.01. The first-order valence-corrected chi connectivity index (χ1v) is 4.07. The van der Waals surface area contributed by atoms with Gasteiger partial charge in [-0.1, -0.05) is 0 Å². The first-order chi connectivity index (χ1) is 7.81. The average Bonchev–Trinajstić information content (AvgIpc) is 2.63. The number of imidazole rings is 1. The Labute approximate surface area is 91.6 Å². The van der Waals surface area contributed by atoms with E-state index in [4.69, 9.17) is 5.11 Å². The summed E-state index contributed by atoms with van der Waals surface area (Å²) >= 11 is 0. The average molecular weight is 253 g/mol. The smallest absolute Gasteiger partial charge is 0.414 e. The SMILES string of the molecule is O=C(NOCC(F)(F)F)c1nc[nH]c1C(=O)O. The van der Waals surface area contributed by atoms with E-state index in [9.17, 15) is 22.8 Å². The highest BCUT2D eigenvalue weighted by Crippen LogP contribution is 2.13. The molecule has 0 aliphatic rings. The molecule has 7 nitrogen and oxygen atoms in total. The second-order valence-electron chi connectivity index (χ2n) is 2.77. The van der Waals surface area contributed by atoms with Crippen LogP contribution in [0.2, 0.25) is 0 Å². The van der Waals surface area contributed by atoms with E-state index in [0.29, 0.717) is 0 Å². The van der Waals surface area contributed by atoms with Gasteiger partial charge in [-0.3, -0.25) is 9.63 Å². The quantitative estimate of drug-likeness (QED) is 0.671. The molecule has 10 heteroatoms. The van der Waals surface area contributed by atoms with Gasteiger partial charge in [-0.05, 0) is 0 Å². The highest BCUT2D eigenvalue weighted by Gasteiger charge is 2.29. The molecule has 0 saturated heterocycles. The summed E-state index contributed by atoms with van der Waals surface area (Å²) in [5, 5.41) is 8.59. The van der Waals surface area contributed by atoms with Crippen molar-refractivity contribution in [3.63, 3.8) is 0 Å². The number of amides is 1. The molecule has 1 rings (SSSR count). The molecule has 1 amide bonds. The molecule has 0 aliphatic carbocycles. The van der Waals surface area contributed by atoms with Gasteiger partial charge in [0.2, 0.25) is 0 Å². The largest absolute Gasteiger partial charge is 0.477 e.